The second kappa shape index (κ2) is 8.70. The van der Waals surface area contributed by atoms with Crippen molar-refractivity contribution in [3.63, 3.8) is 0 Å². The van der Waals surface area contributed by atoms with Gasteiger partial charge in [0.2, 0.25) is 0 Å². The van der Waals surface area contributed by atoms with E-state index in [1.54, 1.807) is 30.6 Å². The zero-order valence-corrected chi connectivity index (χ0v) is 16.4. The van der Waals surface area contributed by atoms with E-state index in [1.165, 1.54) is 11.1 Å². The predicted octanol–water partition coefficient (Wildman–Crippen LogP) is 3.57. The summed E-state index contributed by atoms with van der Waals surface area (Å²) in [6.07, 6.45) is 4.40. The topological polar surface area (TPSA) is 72.5 Å². The molecule has 1 aromatic heterocycles. The van der Waals surface area contributed by atoms with Crippen molar-refractivity contribution in [2.45, 2.75) is 6.42 Å². The van der Waals surface area contributed by atoms with Crippen molar-refractivity contribution in [3.05, 3.63) is 83.7 Å². The highest BCUT2D eigenvalue weighted by molar-refractivity contribution is 7.80. The van der Waals surface area contributed by atoms with E-state index in [4.69, 9.17) is 21.7 Å². The van der Waals surface area contributed by atoms with Crippen LogP contribution < -0.4 is 20.1 Å². The number of rotatable bonds is 4. The molecule has 0 aliphatic carbocycles. The molecule has 6 nitrogen and oxygen atoms in total. The van der Waals surface area contributed by atoms with Crippen LogP contribution in [0.15, 0.2) is 67.0 Å². The molecule has 0 bridgehead atoms. The molecule has 1 amide bonds. The summed E-state index contributed by atoms with van der Waals surface area (Å²) in [4.78, 5) is 16.5. The van der Waals surface area contributed by atoms with Crippen LogP contribution >= 0.6 is 12.2 Å². The molecule has 0 atom stereocenters. The van der Waals surface area contributed by atoms with Crippen LogP contribution in [0.25, 0.3) is 0 Å². The zero-order valence-electron chi connectivity index (χ0n) is 15.6. The average molecular weight is 405 g/mol. The number of benzene rings is 2. The third-order valence-electron chi connectivity index (χ3n) is 4.40. The first-order chi connectivity index (χ1) is 14.2. The number of nitrogens with zero attached hydrogens (tertiary/aromatic N) is 1. The number of fused-ring (bicyclic) bond motifs is 1. The van der Waals surface area contributed by atoms with Gasteiger partial charge in [0, 0.05) is 23.6 Å². The second-order valence-corrected chi connectivity index (χ2v) is 6.90. The van der Waals surface area contributed by atoms with Gasteiger partial charge >= 0.3 is 0 Å². The molecule has 0 saturated heterocycles. The summed E-state index contributed by atoms with van der Waals surface area (Å²) in [7, 11) is 0. The van der Waals surface area contributed by atoms with Crippen LogP contribution in [-0.2, 0) is 6.42 Å². The maximum absolute atomic E-state index is 12.4. The lowest BCUT2D eigenvalue weighted by atomic mass is 10.1. The zero-order chi connectivity index (χ0) is 20.1. The van der Waals surface area contributed by atoms with Crippen molar-refractivity contribution in [2.24, 2.45) is 0 Å². The summed E-state index contributed by atoms with van der Waals surface area (Å²) in [6.45, 7) is 0.975. The lowest BCUT2D eigenvalue weighted by Crippen LogP contribution is -2.34. The van der Waals surface area contributed by atoms with E-state index in [9.17, 15) is 4.79 Å². The van der Waals surface area contributed by atoms with Crippen LogP contribution in [0.2, 0.25) is 0 Å². The Morgan fingerprint density at radius 3 is 2.38 bits per heavy atom. The monoisotopic (exact) mass is 405 g/mol. The molecule has 7 heteroatoms. The SMILES string of the molecule is O=C(NC(=S)Nc1ccc(Cc2ccncc2)cc1)c1ccc2c(c1)OCCO2. The van der Waals surface area contributed by atoms with E-state index >= 15 is 0 Å². The third kappa shape index (κ3) is 4.89. The van der Waals surface area contributed by atoms with Gasteiger partial charge in [-0.25, -0.2) is 0 Å². The number of hydrogen-bond donors (Lipinski definition) is 2. The van der Waals surface area contributed by atoms with Crippen LogP contribution in [0.1, 0.15) is 21.5 Å². The van der Waals surface area contributed by atoms with Gasteiger partial charge in [-0.1, -0.05) is 12.1 Å². The number of pyridine rings is 1. The van der Waals surface area contributed by atoms with Crippen LogP contribution in [-0.4, -0.2) is 29.2 Å². The first-order valence-electron chi connectivity index (χ1n) is 9.17. The van der Waals surface area contributed by atoms with Gasteiger partial charge in [0.15, 0.2) is 16.6 Å². The molecule has 4 rings (SSSR count). The highest BCUT2D eigenvalue weighted by Gasteiger charge is 2.15. The lowest BCUT2D eigenvalue weighted by molar-refractivity contribution is 0.0976. The highest BCUT2D eigenvalue weighted by atomic mass is 32.1. The van der Waals surface area contributed by atoms with E-state index in [0.717, 1.165) is 12.1 Å². The fourth-order valence-corrected chi connectivity index (χ4v) is 3.18. The Bertz CT molecular complexity index is 1020. The molecule has 0 fully saturated rings. The molecule has 2 aromatic carbocycles. The molecule has 146 valence electrons. The van der Waals surface area contributed by atoms with Gasteiger partial charge in [0.05, 0.1) is 0 Å². The summed E-state index contributed by atoms with van der Waals surface area (Å²) in [6, 6.07) is 16.9. The Hall–Kier alpha value is -3.45. The van der Waals surface area contributed by atoms with Gasteiger partial charge in [-0.15, -0.1) is 0 Å². The van der Waals surface area contributed by atoms with E-state index in [1.807, 2.05) is 36.4 Å². The number of amides is 1. The van der Waals surface area contributed by atoms with Gasteiger partial charge in [0.25, 0.3) is 5.91 Å². The number of anilines is 1. The van der Waals surface area contributed by atoms with Crippen molar-refractivity contribution < 1.29 is 14.3 Å². The number of nitrogens with one attached hydrogen (secondary N) is 2. The van der Waals surface area contributed by atoms with Crippen molar-refractivity contribution in [1.82, 2.24) is 10.3 Å². The normalized spacial score (nSPS) is 12.1. The molecule has 0 unspecified atom stereocenters. The standard InChI is InChI=1S/C22H19N3O3S/c26-21(17-3-6-19-20(14-17)28-12-11-27-19)25-22(29)24-18-4-1-15(2-5-18)13-16-7-9-23-10-8-16/h1-10,14H,11-13H2,(H2,24,25,26,29). The lowest BCUT2D eigenvalue weighted by Gasteiger charge is -2.18. The maximum Gasteiger partial charge on any atom is 0.257 e. The largest absolute Gasteiger partial charge is 0.486 e. The molecule has 0 radical (unpaired) electrons. The molecule has 2 N–H and O–H groups in total. The van der Waals surface area contributed by atoms with E-state index in [0.29, 0.717) is 30.3 Å². The number of hydrogen-bond acceptors (Lipinski definition) is 5. The van der Waals surface area contributed by atoms with Crippen LogP contribution in [0.3, 0.4) is 0 Å². The van der Waals surface area contributed by atoms with E-state index in [-0.39, 0.29) is 11.0 Å². The fourth-order valence-electron chi connectivity index (χ4n) is 2.96. The summed E-state index contributed by atoms with van der Waals surface area (Å²) in [5.74, 6) is 0.890. The second-order valence-electron chi connectivity index (χ2n) is 6.50. The van der Waals surface area contributed by atoms with Gasteiger partial charge in [-0.05, 0) is 72.2 Å². The summed E-state index contributed by atoms with van der Waals surface area (Å²) in [5.41, 5.74) is 3.62. The molecule has 0 saturated carbocycles. The summed E-state index contributed by atoms with van der Waals surface area (Å²) < 4.78 is 11.0. The molecule has 1 aliphatic rings. The fraction of sp³-hybridized carbons (Fsp3) is 0.136. The predicted molar refractivity (Wildman–Crippen MR) is 115 cm³/mol. The van der Waals surface area contributed by atoms with E-state index < -0.39 is 0 Å². The Morgan fingerprint density at radius 2 is 1.62 bits per heavy atom. The van der Waals surface area contributed by atoms with Gasteiger partial charge in [0.1, 0.15) is 13.2 Å². The quantitative estimate of drug-likeness (QED) is 0.647. The van der Waals surface area contributed by atoms with Gasteiger partial charge in [-0.3, -0.25) is 15.1 Å². The van der Waals surface area contributed by atoms with Crippen LogP contribution in [0.5, 0.6) is 11.5 Å². The Kier molecular flexibility index (Phi) is 5.67. The Morgan fingerprint density at radius 1 is 0.931 bits per heavy atom. The first kappa shape index (κ1) is 18.9. The molecule has 0 spiro atoms. The highest BCUT2D eigenvalue weighted by Crippen LogP contribution is 2.30. The number of ether oxygens (including phenoxy) is 2. The number of carbonyl (C=O) groups is 1. The molecular formula is C22H19N3O3S. The number of thiocarbonyl (C=S) groups is 1. The Balaban J connectivity index is 1.34. The van der Waals surface area contributed by atoms with Crippen molar-refractivity contribution in [1.29, 1.82) is 0 Å². The molecule has 1 aliphatic heterocycles. The maximum atomic E-state index is 12.4. The molecule has 29 heavy (non-hydrogen) atoms. The minimum Gasteiger partial charge on any atom is -0.486 e. The molecular weight excluding hydrogens is 386 g/mol. The van der Waals surface area contributed by atoms with Crippen LogP contribution in [0.4, 0.5) is 5.69 Å². The smallest absolute Gasteiger partial charge is 0.257 e. The average Bonchev–Trinajstić information content (AvgIpc) is 2.75. The minimum absolute atomic E-state index is 0.228. The minimum atomic E-state index is -0.311. The first-order valence-corrected chi connectivity index (χ1v) is 9.58. The van der Waals surface area contributed by atoms with Crippen molar-refractivity contribution in [3.8, 4) is 11.5 Å². The van der Waals surface area contributed by atoms with E-state index in [2.05, 4.69) is 15.6 Å². The van der Waals surface area contributed by atoms with Crippen LogP contribution in [0, 0.1) is 0 Å². The van der Waals surface area contributed by atoms with Gasteiger partial charge in [-0.2, -0.15) is 0 Å². The van der Waals surface area contributed by atoms with Crippen molar-refractivity contribution in [2.75, 3.05) is 18.5 Å². The third-order valence-corrected chi connectivity index (χ3v) is 4.60. The summed E-state index contributed by atoms with van der Waals surface area (Å²) >= 11 is 5.27. The number of aromatic nitrogens is 1. The molecule has 3 aromatic rings. The Labute approximate surface area is 173 Å². The molecule has 2 heterocycles. The van der Waals surface area contributed by atoms with Gasteiger partial charge < -0.3 is 14.8 Å². The summed E-state index contributed by atoms with van der Waals surface area (Å²) in [5, 5.41) is 5.94. The van der Waals surface area contributed by atoms with Crippen molar-refractivity contribution >= 4 is 28.9 Å². The number of carbonyl (C=O) groups excluding carboxylic acids is 1.